The summed E-state index contributed by atoms with van der Waals surface area (Å²) in [6.07, 6.45) is 5.42. The summed E-state index contributed by atoms with van der Waals surface area (Å²) in [6, 6.07) is 11.6. The molecular weight excluding hydrogens is 316 g/mol. The standard InChI is InChI=1S/C19H22N4O2/c1-4-25-16-9-7-15(8-10-16)14-21(2)19(24)17-13-20-22(3)18(17)23-11-5-6-12-23/h5-13H,4,14H2,1-3H3. The van der Waals surface area contributed by atoms with E-state index in [4.69, 9.17) is 4.74 Å². The molecule has 2 heterocycles. The molecule has 130 valence electrons. The highest BCUT2D eigenvalue weighted by atomic mass is 16.5. The molecule has 3 rings (SSSR count). The van der Waals surface area contributed by atoms with Crippen LogP contribution in [0.4, 0.5) is 0 Å². The van der Waals surface area contributed by atoms with E-state index in [1.165, 1.54) is 0 Å². The molecule has 0 saturated heterocycles. The molecule has 2 aromatic heterocycles. The predicted molar refractivity (Wildman–Crippen MR) is 95.9 cm³/mol. The van der Waals surface area contributed by atoms with Gasteiger partial charge in [-0.2, -0.15) is 5.10 Å². The Kier molecular flexibility index (Phi) is 4.88. The van der Waals surface area contributed by atoms with Crippen LogP contribution in [0.5, 0.6) is 5.75 Å². The molecule has 0 aliphatic rings. The van der Waals surface area contributed by atoms with Gasteiger partial charge >= 0.3 is 0 Å². The lowest BCUT2D eigenvalue weighted by atomic mass is 10.2. The van der Waals surface area contributed by atoms with Gasteiger partial charge in [0.1, 0.15) is 17.1 Å². The van der Waals surface area contributed by atoms with Gasteiger partial charge in [-0.25, -0.2) is 0 Å². The Balaban J connectivity index is 1.77. The zero-order valence-corrected chi connectivity index (χ0v) is 14.7. The van der Waals surface area contributed by atoms with Crippen molar-refractivity contribution >= 4 is 5.91 Å². The zero-order chi connectivity index (χ0) is 17.8. The molecule has 0 bridgehead atoms. The van der Waals surface area contributed by atoms with Crippen molar-refractivity contribution < 1.29 is 9.53 Å². The quantitative estimate of drug-likeness (QED) is 0.694. The number of aromatic nitrogens is 3. The van der Waals surface area contributed by atoms with Crippen molar-refractivity contribution in [2.24, 2.45) is 7.05 Å². The maximum atomic E-state index is 12.9. The molecule has 0 atom stereocenters. The van der Waals surface area contributed by atoms with Crippen molar-refractivity contribution in [2.45, 2.75) is 13.5 Å². The minimum atomic E-state index is -0.0642. The molecule has 0 unspecified atom stereocenters. The Morgan fingerprint density at radius 3 is 2.52 bits per heavy atom. The van der Waals surface area contributed by atoms with E-state index >= 15 is 0 Å². The second-order valence-corrected chi connectivity index (χ2v) is 5.83. The van der Waals surface area contributed by atoms with Gasteiger partial charge in [0.15, 0.2) is 0 Å². The first kappa shape index (κ1) is 16.8. The summed E-state index contributed by atoms with van der Waals surface area (Å²) in [5.74, 6) is 1.53. The van der Waals surface area contributed by atoms with Crippen LogP contribution in [0.2, 0.25) is 0 Å². The molecule has 0 saturated carbocycles. The molecular formula is C19H22N4O2. The molecule has 0 aliphatic carbocycles. The van der Waals surface area contributed by atoms with E-state index in [0.717, 1.165) is 17.1 Å². The largest absolute Gasteiger partial charge is 0.494 e. The molecule has 3 aromatic rings. The third-order valence-electron chi connectivity index (χ3n) is 3.99. The van der Waals surface area contributed by atoms with E-state index in [-0.39, 0.29) is 5.91 Å². The lowest BCUT2D eigenvalue weighted by Crippen LogP contribution is -2.27. The van der Waals surface area contributed by atoms with E-state index in [0.29, 0.717) is 18.7 Å². The topological polar surface area (TPSA) is 52.3 Å². The van der Waals surface area contributed by atoms with Gasteiger partial charge in [0.25, 0.3) is 5.91 Å². The fourth-order valence-corrected chi connectivity index (χ4v) is 2.77. The predicted octanol–water partition coefficient (Wildman–Crippen LogP) is 2.88. The van der Waals surface area contributed by atoms with Crippen LogP contribution in [0.25, 0.3) is 5.82 Å². The van der Waals surface area contributed by atoms with Gasteiger partial charge in [-0.15, -0.1) is 0 Å². The second-order valence-electron chi connectivity index (χ2n) is 5.83. The number of ether oxygens (including phenoxy) is 1. The van der Waals surface area contributed by atoms with Gasteiger partial charge in [-0.1, -0.05) is 12.1 Å². The van der Waals surface area contributed by atoms with Gasteiger partial charge in [0.05, 0.1) is 12.8 Å². The number of nitrogens with zero attached hydrogens (tertiary/aromatic N) is 4. The Hall–Kier alpha value is -3.02. The first-order valence-corrected chi connectivity index (χ1v) is 8.22. The van der Waals surface area contributed by atoms with Gasteiger partial charge in [0.2, 0.25) is 0 Å². The third kappa shape index (κ3) is 3.57. The summed E-state index contributed by atoms with van der Waals surface area (Å²) in [4.78, 5) is 14.6. The number of aryl methyl sites for hydroxylation is 1. The van der Waals surface area contributed by atoms with Crippen LogP contribution in [-0.2, 0) is 13.6 Å². The maximum Gasteiger partial charge on any atom is 0.259 e. The van der Waals surface area contributed by atoms with Crippen molar-refractivity contribution in [3.05, 3.63) is 66.1 Å². The average molecular weight is 338 g/mol. The van der Waals surface area contributed by atoms with Gasteiger partial charge in [-0.05, 0) is 36.8 Å². The Morgan fingerprint density at radius 1 is 1.20 bits per heavy atom. The molecule has 6 heteroatoms. The minimum absolute atomic E-state index is 0.0642. The highest BCUT2D eigenvalue weighted by molar-refractivity contribution is 5.96. The van der Waals surface area contributed by atoms with Crippen LogP contribution in [0, 0.1) is 0 Å². The first-order chi connectivity index (χ1) is 12.1. The van der Waals surface area contributed by atoms with Gasteiger partial charge in [0, 0.05) is 33.0 Å². The fraction of sp³-hybridized carbons (Fsp3) is 0.263. The van der Waals surface area contributed by atoms with Crippen LogP contribution in [-0.4, -0.2) is 38.8 Å². The Morgan fingerprint density at radius 2 is 1.88 bits per heavy atom. The summed E-state index contributed by atoms with van der Waals surface area (Å²) in [5.41, 5.74) is 1.62. The number of rotatable bonds is 6. The number of hydrogen-bond donors (Lipinski definition) is 0. The number of amides is 1. The van der Waals surface area contributed by atoms with Gasteiger partial charge < -0.3 is 14.2 Å². The molecule has 0 N–H and O–H groups in total. The van der Waals surface area contributed by atoms with E-state index in [2.05, 4.69) is 5.10 Å². The smallest absolute Gasteiger partial charge is 0.259 e. The molecule has 1 aromatic carbocycles. The van der Waals surface area contributed by atoms with Crippen molar-refractivity contribution in [1.82, 2.24) is 19.2 Å². The lowest BCUT2D eigenvalue weighted by molar-refractivity contribution is 0.0785. The highest BCUT2D eigenvalue weighted by Gasteiger charge is 2.20. The molecule has 25 heavy (non-hydrogen) atoms. The van der Waals surface area contributed by atoms with Crippen molar-refractivity contribution in [3.8, 4) is 11.6 Å². The fourth-order valence-electron chi connectivity index (χ4n) is 2.77. The van der Waals surface area contributed by atoms with Gasteiger partial charge in [-0.3, -0.25) is 9.48 Å². The zero-order valence-electron chi connectivity index (χ0n) is 14.7. The van der Waals surface area contributed by atoms with Crippen molar-refractivity contribution in [2.75, 3.05) is 13.7 Å². The molecule has 0 fully saturated rings. The molecule has 0 spiro atoms. The number of hydrogen-bond acceptors (Lipinski definition) is 3. The second kappa shape index (κ2) is 7.25. The van der Waals surface area contributed by atoms with E-state index in [9.17, 15) is 4.79 Å². The normalized spacial score (nSPS) is 10.7. The lowest BCUT2D eigenvalue weighted by Gasteiger charge is -2.18. The van der Waals surface area contributed by atoms with Crippen LogP contribution in [0.3, 0.4) is 0 Å². The average Bonchev–Trinajstić information content (AvgIpc) is 3.25. The highest BCUT2D eigenvalue weighted by Crippen LogP contribution is 2.18. The molecule has 6 nitrogen and oxygen atoms in total. The minimum Gasteiger partial charge on any atom is -0.494 e. The Bertz CT molecular complexity index is 835. The van der Waals surface area contributed by atoms with E-state index < -0.39 is 0 Å². The Labute approximate surface area is 147 Å². The van der Waals surface area contributed by atoms with Crippen LogP contribution in [0.15, 0.2) is 55.0 Å². The summed E-state index contributed by atoms with van der Waals surface area (Å²) in [5, 5.41) is 4.25. The first-order valence-electron chi connectivity index (χ1n) is 8.22. The number of carbonyl (C=O) groups excluding carboxylic acids is 1. The summed E-state index contributed by atoms with van der Waals surface area (Å²) >= 11 is 0. The SMILES string of the molecule is CCOc1ccc(CN(C)C(=O)c2cnn(C)c2-n2cccc2)cc1. The summed E-state index contributed by atoms with van der Waals surface area (Å²) < 4.78 is 9.05. The number of benzene rings is 1. The van der Waals surface area contributed by atoms with E-state index in [1.807, 2.05) is 67.3 Å². The van der Waals surface area contributed by atoms with Crippen molar-refractivity contribution in [1.29, 1.82) is 0 Å². The summed E-state index contributed by atoms with van der Waals surface area (Å²) in [6.45, 7) is 3.11. The third-order valence-corrected chi connectivity index (χ3v) is 3.99. The van der Waals surface area contributed by atoms with Crippen LogP contribution < -0.4 is 4.74 Å². The molecule has 0 aliphatic heterocycles. The van der Waals surface area contributed by atoms with Crippen molar-refractivity contribution in [3.63, 3.8) is 0 Å². The molecule has 1 amide bonds. The molecule has 0 radical (unpaired) electrons. The van der Waals surface area contributed by atoms with E-state index in [1.54, 1.807) is 22.8 Å². The summed E-state index contributed by atoms with van der Waals surface area (Å²) in [7, 11) is 3.63. The number of carbonyl (C=O) groups is 1. The van der Waals surface area contributed by atoms with Crippen LogP contribution >= 0.6 is 0 Å². The monoisotopic (exact) mass is 338 g/mol. The van der Waals surface area contributed by atoms with Crippen LogP contribution in [0.1, 0.15) is 22.8 Å². The maximum absolute atomic E-state index is 12.9.